The van der Waals surface area contributed by atoms with Gasteiger partial charge in [-0.15, -0.1) is 0 Å². The molecule has 0 saturated heterocycles. The number of hydrogen-bond donors (Lipinski definition) is 0. The number of carbonyl (C=O) groups is 1. The smallest absolute Gasteiger partial charge is 0.254 e. The van der Waals surface area contributed by atoms with E-state index in [0.29, 0.717) is 17.7 Å². The molecule has 0 spiro atoms. The lowest BCUT2D eigenvalue weighted by Gasteiger charge is -2.16. The maximum absolute atomic E-state index is 14.8. The minimum atomic E-state index is -0.300. The summed E-state index contributed by atoms with van der Waals surface area (Å²) < 4.78 is 16.6. The number of halogens is 1. The van der Waals surface area contributed by atoms with Gasteiger partial charge in [0.25, 0.3) is 5.91 Å². The molecule has 4 nitrogen and oxygen atoms in total. The summed E-state index contributed by atoms with van der Waals surface area (Å²) in [6, 6.07) is 18.7. The van der Waals surface area contributed by atoms with Crippen LogP contribution in [0.3, 0.4) is 0 Å². The Kier molecular flexibility index (Phi) is 5.36. The Balaban J connectivity index is 0.00000106. The third-order valence-corrected chi connectivity index (χ3v) is 5.39. The van der Waals surface area contributed by atoms with Crippen molar-refractivity contribution < 1.29 is 9.18 Å². The molecule has 0 atom stereocenters. The van der Waals surface area contributed by atoms with Crippen LogP contribution < -0.4 is 0 Å². The van der Waals surface area contributed by atoms with Crippen molar-refractivity contribution in [2.45, 2.75) is 26.9 Å². The number of fused-ring (bicyclic) bond motifs is 2. The molecule has 1 aromatic heterocycles. The second kappa shape index (κ2) is 8.11. The molecule has 0 N–H and O–H groups in total. The van der Waals surface area contributed by atoms with Gasteiger partial charge in [0.15, 0.2) is 0 Å². The maximum atomic E-state index is 14.8. The molecule has 1 amide bonds. The minimum absolute atomic E-state index is 0.0410. The van der Waals surface area contributed by atoms with Crippen LogP contribution in [0.15, 0.2) is 66.9 Å². The zero-order valence-corrected chi connectivity index (χ0v) is 17.4. The number of amides is 1. The van der Waals surface area contributed by atoms with E-state index < -0.39 is 0 Å². The summed E-state index contributed by atoms with van der Waals surface area (Å²) in [5, 5.41) is 5.30. The number of hydrogen-bond acceptors (Lipinski definition) is 2. The topological polar surface area (TPSA) is 38.1 Å². The van der Waals surface area contributed by atoms with Gasteiger partial charge in [0.1, 0.15) is 5.82 Å². The van der Waals surface area contributed by atoms with E-state index in [0.717, 1.165) is 27.6 Å². The highest BCUT2D eigenvalue weighted by Gasteiger charge is 2.27. The van der Waals surface area contributed by atoms with E-state index in [2.05, 4.69) is 5.10 Å². The lowest BCUT2D eigenvalue weighted by molar-refractivity contribution is 0.0765. The highest BCUT2D eigenvalue weighted by molar-refractivity contribution is 5.98. The summed E-state index contributed by atoms with van der Waals surface area (Å²) in [6.45, 7) is 4.79. The molecule has 0 saturated carbocycles. The standard InChI is InChI=1S/C23H18FN3O.C2H6/c1-26-22-11-16(6-8-17(22)12-25-26)15-7-9-19(21(24)10-15)14-27-13-18-4-2-3-5-20(18)23(27)28;1-2/h2-12H,13-14H2,1H3;1-2H3. The van der Waals surface area contributed by atoms with Crippen LogP contribution in [0, 0.1) is 5.82 Å². The molecule has 152 valence electrons. The van der Waals surface area contributed by atoms with E-state index in [1.807, 2.05) is 75.6 Å². The maximum Gasteiger partial charge on any atom is 0.254 e. The fourth-order valence-electron chi connectivity index (χ4n) is 3.83. The van der Waals surface area contributed by atoms with E-state index in [4.69, 9.17) is 0 Å². The quantitative estimate of drug-likeness (QED) is 0.451. The van der Waals surface area contributed by atoms with Gasteiger partial charge < -0.3 is 4.90 Å². The Morgan fingerprint density at radius 3 is 2.50 bits per heavy atom. The third-order valence-electron chi connectivity index (χ3n) is 5.39. The number of carbonyl (C=O) groups excluding carboxylic acids is 1. The number of nitrogens with zero attached hydrogens (tertiary/aromatic N) is 3. The number of aromatic nitrogens is 2. The summed E-state index contributed by atoms with van der Waals surface area (Å²) >= 11 is 0. The normalized spacial score (nSPS) is 12.7. The molecule has 4 aromatic rings. The van der Waals surface area contributed by atoms with Crippen molar-refractivity contribution in [1.82, 2.24) is 14.7 Å². The molecule has 5 heteroatoms. The SMILES string of the molecule is CC.Cn1ncc2ccc(-c3ccc(CN4Cc5ccccc5C4=O)c(F)c3)cc21. The molecule has 3 aromatic carbocycles. The van der Waals surface area contributed by atoms with E-state index >= 15 is 0 Å². The first-order valence-electron chi connectivity index (χ1n) is 10.2. The highest BCUT2D eigenvalue weighted by atomic mass is 19.1. The largest absolute Gasteiger partial charge is 0.330 e. The van der Waals surface area contributed by atoms with E-state index in [1.54, 1.807) is 21.7 Å². The summed E-state index contributed by atoms with van der Waals surface area (Å²) in [6.07, 6.45) is 1.81. The van der Waals surface area contributed by atoms with Crippen LogP contribution in [-0.2, 0) is 20.1 Å². The Morgan fingerprint density at radius 1 is 1.00 bits per heavy atom. The van der Waals surface area contributed by atoms with Gasteiger partial charge in [0.2, 0.25) is 0 Å². The van der Waals surface area contributed by atoms with Gasteiger partial charge in [-0.3, -0.25) is 9.48 Å². The average Bonchev–Trinajstić information content (AvgIpc) is 3.31. The van der Waals surface area contributed by atoms with Crippen molar-refractivity contribution in [3.05, 3.63) is 89.4 Å². The van der Waals surface area contributed by atoms with Gasteiger partial charge in [-0.1, -0.05) is 56.3 Å². The first kappa shape index (κ1) is 19.8. The summed E-state index contributed by atoms with van der Waals surface area (Å²) in [7, 11) is 1.89. The van der Waals surface area contributed by atoms with Crippen LogP contribution in [0.2, 0.25) is 0 Å². The monoisotopic (exact) mass is 401 g/mol. The molecule has 0 aliphatic carbocycles. The van der Waals surface area contributed by atoms with Crippen LogP contribution in [0.1, 0.15) is 35.3 Å². The third kappa shape index (κ3) is 3.47. The highest BCUT2D eigenvalue weighted by Crippen LogP contribution is 2.28. The van der Waals surface area contributed by atoms with Gasteiger partial charge in [0.05, 0.1) is 11.7 Å². The van der Waals surface area contributed by atoms with Crippen molar-refractivity contribution in [3.63, 3.8) is 0 Å². The van der Waals surface area contributed by atoms with Gasteiger partial charge in [-0.2, -0.15) is 5.10 Å². The first-order chi connectivity index (χ1) is 14.6. The lowest BCUT2D eigenvalue weighted by Crippen LogP contribution is -2.23. The van der Waals surface area contributed by atoms with Gasteiger partial charge in [-0.25, -0.2) is 4.39 Å². The van der Waals surface area contributed by atoms with Crippen LogP contribution >= 0.6 is 0 Å². The Bertz CT molecular complexity index is 1230. The fraction of sp³-hybridized carbons (Fsp3) is 0.200. The van der Waals surface area contributed by atoms with Crippen molar-refractivity contribution in [3.8, 4) is 11.1 Å². The van der Waals surface area contributed by atoms with E-state index in [1.165, 1.54) is 0 Å². The van der Waals surface area contributed by atoms with Crippen molar-refractivity contribution in [1.29, 1.82) is 0 Å². The first-order valence-corrected chi connectivity index (χ1v) is 10.2. The zero-order valence-electron chi connectivity index (χ0n) is 17.4. The number of benzene rings is 3. The predicted octanol–water partition coefficient (Wildman–Crippen LogP) is 5.56. The zero-order chi connectivity index (χ0) is 21.3. The second-order valence-corrected chi connectivity index (χ2v) is 7.17. The molecule has 5 rings (SSSR count). The second-order valence-electron chi connectivity index (χ2n) is 7.17. The molecule has 0 bridgehead atoms. The van der Waals surface area contributed by atoms with E-state index in [-0.39, 0.29) is 18.3 Å². The van der Waals surface area contributed by atoms with Crippen LogP contribution in [0.5, 0.6) is 0 Å². The number of aryl methyl sites for hydroxylation is 1. The molecular weight excluding hydrogens is 377 g/mol. The van der Waals surface area contributed by atoms with Crippen LogP contribution in [0.4, 0.5) is 4.39 Å². The Labute approximate surface area is 175 Å². The van der Waals surface area contributed by atoms with Crippen molar-refractivity contribution in [2.24, 2.45) is 7.05 Å². The summed E-state index contributed by atoms with van der Waals surface area (Å²) in [5.74, 6) is -0.341. The Morgan fingerprint density at radius 2 is 1.73 bits per heavy atom. The molecular formula is C25H24FN3O. The molecule has 0 fully saturated rings. The van der Waals surface area contributed by atoms with Crippen molar-refractivity contribution in [2.75, 3.05) is 0 Å². The lowest BCUT2D eigenvalue weighted by atomic mass is 10.0. The van der Waals surface area contributed by atoms with Gasteiger partial charge in [0, 0.05) is 36.7 Å². The van der Waals surface area contributed by atoms with Crippen LogP contribution in [-0.4, -0.2) is 20.6 Å². The molecule has 1 aliphatic rings. The summed E-state index contributed by atoms with van der Waals surface area (Å²) in [4.78, 5) is 14.2. The molecule has 1 aliphatic heterocycles. The molecule has 2 heterocycles. The Hall–Kier alpha value is -3.47. The summed E-state index contributed by atoms with van der Waals surface area (Å²) in [5.41, 5.74) is 4.97. The molecule has 0 unspecified atom stereocenters. The molecule has 30 heavy (non-hydrogen) atoms. The number of rotatable bonds is 3. The van der Waals surface area contributed by atoms with Gasteiger partial charge in [-0.05, 0) is 34.9 Å². The molecule has 0 radical (unpaired) electrons. The van der Waals surface area contributed by atoms with Crippen molar-refractivity contribution >= 4 is 16.8 Å². The van der Waals surface area contributed by atoms with E-state index in [9.17, 15) is 9.18 Å². The van der Waals surface area contributed by atoms with Crippen LogP contribution in [0.25, 0.3) is 22.0 Å². The predicted molar refractivity (Wildman–Crippen MR) is 117 cm³/mol. The fourth-order valence-corrected chi connectivity index (χ4v) is 3.83. The minimum Gasteiger partial charge on any atom is -0.330 e. The average molecular weight is 401 g/mol. The van der Waals surface area contributed by atoms with Gasteiger partial charge >= 0.3 is 0 Å².